The summed E-state index contributed by atoms with van der Waals surface area (Å²) in [6, 6.07) is 14.3. The lowest BCUT2D eigenvalue weighted by Crippen LogP contribution is -2.56. The second kappa shape index (κ2) is 27.7. The third kappa shape index (κ3) is 15.4. The van der Waals surface area contributed by atoms with Crippen LogP contribution >= 0.6 is 12.4 Å². The van der Waals surface area contributed by atoms with Gasteiger partial charge in [-0.25, -0.2) is 0 Å². The van der Waals surface area contributed by atoms with Crippen molar-refractivity contribution in [3.63, 3.8) is 0 Å². The minimum absolute atomic E-state index is 0. The molecule has 1 fully saturated rings. The molecule has 0 aliphatic carbocycles. The Bertz CT molecular complexity index is 2000. The lowest BCUT2D eigenvalue weighted by atomic mass is 9.89. The van der Waals surface area contributed by atoms with Crippen molar-refractivity contribution in [2.45, 2.75) is 135 Å². The highest BCUT2D eigenvalue weighted by molar-refractivity contribution is 6.12. The molecule has 2 aromatic rings. The zero-order valence-corrected chi connectivity index (χ0v) is 42.3. The summed E-state index contributed by atoms with van der Waals surface area (Å²) in [5, 5.41) is 5.96. The standard InChI is InChI=1S/C51H75N7O9.ClH/c1-10-34(4)47(56(7)51(65)46(52)33(2)3)41(66-8)31-45(62)57-29-17-20-40(57)48(67-9)35(5)49(63)54-39(30-36-18-13-11-14-19-36)50(64)55(6)38-24-22-37(23-25-38)32-53-42(59)21-15-12-16-28-58-43(60)26-27-44(58)61;/h11,13-14,18-19,22-27,33-35,39-41,46-48H,10,12,15-17,20-21,28-32,52H2,1-9H3,(H,53,59)(H,54,63);1H/t34-,35+,39-,40-,41+,46-,47-,48+;/m0./s1. The monoisotopic (exact) mass is 966 g/mol. The van der Waals surface area contributed by atoms with Gasteiger partial charge in [0.2, 0.25) is 29.5 Å². The molecule has 0 spiro atoms. The van der Waals surface area contributed by atoms with Crippen molar-refractivity contribution in [3.05, 3.63) is 77.9 Å². The lowest BCUT2D eigenvalue weighted by Gasteiger charge is -2.40. The first-order valence-electron chi connectivity index (χ1n) is 23.8. The van der Waals surface area contributed by atoms with Gasteiger partial charge in [0.25, 0.3) is 11.8 Å². The maximum Gasteiger partial charge on any atom is 0.253 e. The van der Waals surface area contributed by atoms with E-state index in [1.54, 1.807) is 50.1 Å². The van der Waals surface area contributed by atoms with E-state index in [0.717, 1.165) is 24.0 Å². The molecule has 1 saturated heterocycles. The Hall–Kier alpha value is -5.16. The van der Waals surface area contributed by atoms with Crippen LogP contribution in [0.25, 0.3) is 0 Å². The Morgan fingerprint density at radius 1 is 0.853 bits per heavy atom. The van der Waals surface area contributed by atoms with Crippen LogP contribution in [0.2, 0.25) is 0 Å². The van der Waals surface area contributed by atoms with Crippen molar-refractivity contribution in [2.75, 3.05) is 46.3 Å². The van der Waals surface area contributed by atoms with Gasteiger partial charge in [0.05, 0.1) is 42.7 Å². The molecular formula is C51H76ClN7O9. The summed E-state index contributed by atoms with van der Waals surface area (Å²) in [6.07, 6.45) is 5.87. The molecule has 0 radical (unpaired) electrons. The molecule has 376 valence electrons. The first-order valence-corrected chi connectivity index (χ1v) is 23.8. The fourth-order valence-electron chi connectivity index (χ4n) is 9.05. The number of nitrogens with zero attached hydrogens (tertiary/aromatic N) is 4. The summed E-state index contributed by atoms with van der Waals surface area (Å²) in [5.41, 5.74) is 8.59. The van der Waals surface area contributed by atoms with Crippen molar-refractivity contribution in [3.8, 4) is 0 Å². The Labute approximate surface area is 409 Å². The fourth-order valence-corrected chi connectivity index (χ4v) is 9.05. The van der Waals surface area contributed by atoms with E-state index in [2.05, 4.69) is 10.6 Å². The normalized spacial score (nSPS) is 17.7. The van der Waals surface area contributed by atoms with Gasteiger partial charge < -0.3 is 40.5 Å². The van der Waals surface area contributed by atoms with Gasteiger partial charge in [-0.2, -0.15) is 0 Å². The van der Waals surface area contributed by atoms with E-state index in [1.165, 1.54) is 29.1 Å². The van der Waals surface area contributed by atoms with Crippen LogP contribution in [0.5, 0.6) is 0 Å². The predicted octanol–water partition coefficient (Wildman–Crippen LogP) is 4.80. The summed E-state index contributed by atoms with van der Waals surface area (Å²) in [4.78, 5) is 98.3. The number of ether oxygens (including phenoxy) is 2. The Morgan fingerprint density at radius 3 is 2.09 bits per heavy atom. The van der Waals surface area contributed by atoms with Gasteiger partial charge in [0.15, 0.2) is 0 Å². The molecule has 2 heterocycles. The van der Waals surface area contributed by atoms with E-state index in [1.807, 2.05) is 70.2 Å². The van der Waals surface area contributed by atoms with Gasteiger partial charge in [-0.3, -0.25) is 38.5 Å². The molecule has 2 aliphatic rings. The number of carbonyl (C=O) groups is 7. The van der Waals surface area contributed by atoms with E-state index >= 15 is 0 Å². The highest BCUT2D eigenvalue weighted by atomic mass is 35.5. The molecule has 0 bridgehead atoms. The van der Waals surface area contributed by atoms with Crippen LogP contribution in [0.15, 0.2) is 66.7 Å². The second-order valence-corrected chi connectivity index (χ2v) is 18.4. The summed E-state index contributed by atoms with van der Waals surface area (Å²) in [7, 11) is 6.47. The highest BCUT2D eigenvalue weighted by Gasteiger charge is 2.43. The number of anilines is 1. The highest BCUT2D eigenvalue weighted by Crippen LogP contribution is 2.30. The van der Waals surface area contributed by atoms with Crippen LogP contribution < -0.4 is 21.3 Å². The van der Waals surface area contributed by atoms with Gasteiger partial charge >= 0.3 is 0 Å². The number of amides is 7. The van der Waals surface area contributed by atoms with Gasteiger partial charge in [0, 0.05) is 78.6 Å². The number of halogens is 1. The average Bonchev–Trinajstić information content (AvgIpc) is 3.94. The maximum atomic E-state index is 14.3. The van der Waals surface area contributed by atoms with E-state index in [9.17, 15) is 33.6 Å². The largest absolute Gasteiger partial charge is 0.379 e. The average molecular weight is 967 g/mol. The second-order valence-electron chi connectivity index (χ2n) is 18.4. The van der Waals surface area contributed by atoms with Crippen LogP contribution in [0.1, 0.15) is 97.1 Å². The zero-order valence-electron chi connectivity index (χ0n) is 41.5. The van der Waals surface area contributed by atoms with Crippen molar-refractivity contribution < 1.29 is 43.0 Å². The summed E-state index contributed by atoms with van der Waals surface area (Å²) in [5.74, 6) is -2.58. The number of methoxy groups -OCH3 is 2. The van der Waals surface area contributed by atoms with Gasteiger partial charge in [-0.15, -0.1) is 12.4 Å². The number of unbranched alkanes of at least 4 members (excludes halogenated alkanes) is 2. The number of benzene rings is 2. The minimum Gasteiger partial charge on any atom is -0.379 e. The molecule has 68 heavy (non-hydrogen) atoms. The van der Waals surface area contributed by atoms with Crippen LogP contribution in [0.3, 0.4) is 0 Å². The molecule has 17 heteroatoms. The zero-order chi connectivity index (χ0) is 49.4. The molecule has 0 saturated carbocycles. The number of imide groups is 1. The Kier molecular flexibility index (Phi) is 23.3. The number of nitrogens with two attached hydrogens (primary N) is 1. The minimum atomic E-state index is -0.934. The first kappa shape index (κ1) is 57.2. The van der Waals surface area contributed by atoms with Crippen LogP contribution in [0, 0.1) is 17.8 Å². The van der Waals surface area contributed by atoms with Crippen LogP contribution in [0.4, 0.5) is 5.69 Å². The molecule has 4 rings (SSSR count). The molecule has 2 aromatic carbocycles. The van der Waals surface area contributed by atoms with E-state index < -0.39 is 42.3 Å². The number of nitrogens with one attached hydrogen (secondary N) is 2. The van der Waals surface area contributed by atoms with Crippen LogP contribution in [-0.2, 0) is 56.0 Å². The molecule has 4 N–H and O–H groups in total. The number of rotatable bonds is 26. The summed E-state index contributed by atoms with van der Waals surface area (Å²) >= 11 is 0. The molecular weight excluding hydrogens is 890 g/mol. The topological polar surface area (TPSA) is 201 Å². The smallest absolute Gasteiger partial charge is 0.253 e. The third-order valence-electron chi connectivity index (χ3n) is 13.5. The third-order valence-corrected chi connectivity index (χ3v) is 13.5. The van der Waals surface area contributed by atoms with Crippen LogP contribution in [-0.4, -0.2) is 134 Å². The van der Waals surface area contributed by atoms with Crippen molar-refractivity contribution in [2.24, 2.45) is 23.5 Å². The number of hydrogen-bond acceptors (Lipinski definition) is 10. The molecule has 8 atom stereocenters. The Balaban J connectivity index is 0.0000122. The van der Waals surface area contributed by atoms with E-state index in [-0.39, 0.29) is 78.4 Å². The SMILES string of the molecule is CC[C@H](C)[C@@H]([C@@H](CC(=O)N1CCC[C@H]1[C@H](OC)[C@@H](C)C(=O)N[C@@H](Cc1ccccc1)C(=O)N(C)c1ccc(CNC(=O)CCCCCN2C(=O)C=CC2=O)cc1)OC)N(C)C(=O)[C@@H](N)C(C)C.Cl. The summed E-state index contributed by atoms with van der Waals surface area (Å²) in [6.45, 7) is 10.8. The van der Waals surface area contributed by atoms with Gasteiger partial charge in [-0.1, -0.05) is 89.9 Å². The lowest BCUT2D eigenvalue weighted by molar-refractivity contribution is -0.146. The molecule has 0 aromatic heterocycles. The molecule has 16 nitrogen and oxygen atoms in total. The number of hydrogen-bond donors (Lipinski definition) is 3. The van der Waals surface area contributed by atoms with Crippen molar-refractivity contribution in [1.29, 1.82) is 0 Å². The van der Waals surface area contributed by atoms with Crippen molar-refractivity contribution >= 4 is 59.4 Å². The van der Waals surface area contributed by atoms with E-state index in [0.29, 0.717) is 57.4 Å². The summed E-state index contributed by atoms with van der Waals surface area (Å²) < 4.78 is 12.0. The molecule has 2 aliphatic heterocycles. The predicted molar refractivity (Wildman–Crippen MR) is 264 cm³/mol. The number of carbonyl (C=O) groups excluding carboxylic acids is 7. The Morgan fingerprint density at radius 2 is 1.50 bits per heavy atom. The number of likely N-dealkylation sites (tertiary alicyclic amines) is 1. The maximum absolute atomic E-state index is 14.3. The fraction of sp³-hybridized carbons (Fsp3) is 0.588. The number of likely N-dealkylation sites (N-methyl/N-ethyl adjacent to an activating group) is 2. The molecule has 7 amide bonds. The van der Waals surface area contributed by atoms with Gasteiger partial charge in [0.1, 0.15) is 6.04 Å². The quantitative estimate of drug-likeness (QED) is 0.0869. The van der Waals surface area contributed by atoms with E-state index in [4.69, 9.17) is 15.2 Å². The first-order chi connectivity index (χ1) is 31.9. The molecule has 0 unspecified atom stereocenters. The van der Waals surface area contributed by atoms with Crippen molar-refractivity contribution in [1.82, 2.24) is 25.3 Å². The van der Waals surface area contributed by atoms with Gasteiger partial charge in [-0.05, 0) is 60.8 Å².